The first-order chi connectivity index (χ1) is 15.9. The molecule has 0 radical (unpaired) electrons. The number of nitrogens with zero attached hydrogens (tertiary/aromatic N) is 1. The van der Waals surface area contributed by atoms with Crippen molar-refractivity contribution in [1.29, 1.82) is 0 Å². The zero-order valence-corrected chi connectivity index (χ0v) is 19.4. The van der Waals surface area contributed by atoms with Gasteiger partial charge in [-0.3, -0.25) is 20.4 Å². The molecule has 0 saturated carbocycles. The van der Waals surface area contributed by atoms with Crippen molar-refractivity contribution in [3.8, 4) is 17.2 Å². The predicted molar refractivity (Wildman–Crippen MR) is 122 cm³/mol. The summed E-state index contributed by atoms with van der Waals surface area (Å²) in [5, 5.41) is 0. The highest BCUT2D eigenvalue weighted by Crippen LogP contribution is 2.39. The Kier molecular flexibility index (Phi) is 9.34. The molecule has 10 nitrogen and oxygen atoms in total. The van der Waals surface area contributed by atoms with Gasteiger partial charge in [0.15, 0.2) is 18.1 Å². The molecule has 2 N–H and O–H groups in total. The van der Waals surface area contributed by atoms with Crippen LogP contribution >= 0.6 is 0 Å². The van der Waals surface area contributed by atoms with Crippen LogP contribution < -0.4 is 30.0 Å². The SMILES string of the molecule is CCN(CC)c1ccc(C(=O)NNC(=O)COC(=O)c2ccc(OC)c(OC)c2OC)cc1. The van der Waals surface area contributed by atoms with Gasteiger partial charge in [0.05, 0.1) is 21.3 Å². The summed E-state index contributed by atoms with van der Waals surface area (Å²) >= 11 is 0. The largest absolute Gasteiger partial charge is 0.493 e. The van der Waals surface area contributed by atoms with Crippen LogP contribution in [0.5, 0.6) is 17.2 Å². The third-order valence-corrected chi connectivity index (χ3v) is 4.83. The van der Waals surface area contributed by atoms with Crippen LogP contribution in [-0.2, 0) is 9.53 Å². The van der Waals surface area contributed by atoms with Crippen molar-refractivity contribution < 1.29 is 33.3 Å². The van der Waals surface area contributed by atoms with Gasteiger partial charge >= 0.3 is 5.97 Å². The van der Waals surface area contributed by atoms with Crippen molar-refractivity contribution in [3.05, 3.63) is 47.5 Å². The summed E-state index contributed by atoms with van der Waals surface area (Å²) in [6.07, 6.45) is 0. The van der Waals surface area contributed by atoms with Gasteiger partial charge in [0, 0.05) is 24.3 Å². The van der Waals surface area contributed by atoms with Crippen molar-refractivity contribution in [3.63, 3.8) is 0 Å². The molecule has 10 heteroatoms. The van der Waals surface area contributed by atoms with Crippen LogP contribution in [-0.4, -0.2) is 58.8 Å². The number of hydrogen-bond donors (Lipinski definition) is 2. The minimum absolute atomic E-state index is 0.0558. The number of benzene rings is 2. The van der Waals surface area contributed by atoms with E-state index in [-0.39, 0.29) is 17.1 Å². The average molecular weight is 459 g/mol. The maximum absolute atomic E-state index is 12.4. The van der Waals surface area contributed by atoms with Crippen LogP contribution in [0.25, 0.3) is 0 Å². The maximum Gasteiger partial charge on any atom is 0.342 e. The summed E-state index contributed by atoms with van der Waals surface area (Å²) in [7, 11) is 4.22. The topological polar surface area (TPSA) is 115 Å². The quantitative estimate of drug-likeness (QED) is 0.410. The van der Waals surface area contributed by atoms with Crippen LogP contribution in [0.1, 0.15) is 34.6 Å². The summed E-state index contributed by atoms with van der Waals surface area (Å²) in [4.78, 5) is 38.8. The lowest BCUT2D eigenvalue weighted by Crippen LogP contribution is -2.43. The van der Waals surface area contributed by atoms with Gasteiger partial charge in [-0.1, -0.05) is 0 Å². The molecule has 0 spiro atoms. The molecule has 0 aliphatic carbocycles. The van der Waals surface area contributed by atoms with Crippen molar-refractivity contribution >= 4 is 23.5 Å². The Morgan fingerprint density at radius 2 is 1.45 bits per heavy atom. The summed E-state index contributed by atoms with van der Waals surface area (Å²) in [5.41, 5.74) is 5.93. The molecule has 0 unspecified atom stereocenters. The molecule has 0 bridgehead atoms. The Balaban J connectivity index is 1.92. The van der Waals surface area contributed by atoms with Gasteiger partial charge in [-0.05, 0) is 50.2 Å². The normalized spacial score (nSPS) is 10.1. The van der Waals surface area contributed by atoms with E-state index in [9.17, 15) is 14.4 Å². The van der Waals surface area contributed by atoms with E-state index in [0.717, 1.165) is 18.8 Å². The number of ether oxygens (including phenoxy) is 4. The molecule has 0 atom stereocenters. The minimum Gasteiger partial charge on any atom is -0.493 e. The Morgan fingerprint density at radius 1 is 0.818 bits per heavy atom. The molecule has 0 aliphatic rings. The summed E-state index contributed by atoms with van der Waals surface area (Å²) in [6, 6.07) is 9.95. The van der Waals surface area contributed by atoms with E-state index >= 15 is 0 Å². The van der Waals surface area contributed by atoms with E-state index in [0.29, 0.717) is 11.3 Å². The fourth-order valence-electron chi connectivity index (χ4n) is 3.12. The molecule has 2 rings (SSSR count). The van der Waals surface area contributed by atoms with Crippen molar-refractivity contribution in [2.75, 3.05) is 45.9 Å². The minimum atomic E-state index is -0.804. The molecule has 0 fully saturated rings. The summed E-state index contributed by atoms with van der Waals surface area (Å²) < 4.78 is 20.7. The lowest BCUT2D eigenvalue weighted by Gasteiger charge is -2.21. The number of carbonyl (C=O) groups is 3. The molecule has 0 heterocycles. The molecule has 0 aliphatic heterocycles. The summed E-state index contributed by atoms with van der Waals surface area (Å²) in [5.74, 6) is -1.31. The van der Waals surface area contributed by atoms with Gasteiger partial charge in [-0.2, -0.15) is 0 Å². The zero-order valence-electron chi connectivity index (χ0n) is 19.4. The molecule has 2 aromatic carbocycles. The van der Waals surface area contributed by atoms with E-state index in [2.05, 4.69) is 15.8 Å². The molecule has 178 valence electrons. The fraction of sp³-hybridized carbons (Fsp3) is 0.348. The molecular formula is C23H29N3O7. The number of methoxy groups -OCH3 is 3. The number of anilines is 1. The van der Waals surface area contributed by atoms with Gasteiger partial charge in [-0.25, -0.2) is 4.79 Å². The van der Waals surface area contributed by atoms with Gasteiger partial charge in [0.25, 0.3) is 11.8 Å². The highest BCUT2D eigenvalue weighted by Gasteiger charge is 2.22. The number of amides is 2. The second-order valence-electron chi connectivity index (χ2n) is 6.68. The van der Waals surface area contributed by atoms with Gasteiger partial charge in [0.1, 0.15) is 5.56 Å². The summed E-state index contributed by atoms with van der Waals surface area (Å²) in [6.45, 7) is 5.19. The number of carbonyl (C=O) groups excluding carboxylic acids is 3. The predicted octanol–water partition coefficient (Wildman–Crippen LogP) is 2.18. The third kappa shape index (κ3) is 6.28. The highest BCUT2D eigenvalue weighted by molar-refractivity contribution is 5.97. The molecular weight excluding hydrogens is 430 g/mol. The maximum atomic E-state index is 12.4. The Bertz CT molecular complexity index is 973. The third-order valence-electron chi connectivity index (χ3n) is 4.83. The van der Waals surface area contributed by atoms with E-state index in [4.69, 9.17) is 18.9 Å². The van der Waals surface area contributed by atoms with Crippen LogP contribution in [0, 0.1) is 0 Å². The second-order valence-corrected chi connectivity index (χ2v) is 6.68. The van der Waals surface area contributed by atoms with Crippen molar-refractivity contribution in [2.24, 2.45) is 0 Å². The Morgan fingerprint density at radius 3 is 2.00 bits per heavy atom. The van der Waals surface area contributed by atoms with Crippen LogP contribution in [0.2, 0.25) is 0 Å². The van der Waals surface area contributed by atoms with Gasteiger partial charge in [-0.15, -0.1) is 0 Å². The molecule has 2 aromatic rings. The number of esters is 1. The number of nitrogens with one attached hydrogen (secondary N) is 2. The number of hydrogen-bond acceptors (Lipinski definition) is 8. The van der Waals surface area contributed by atoms with E-state index in [1.807, 2.05) is 26.0 Å². The lowest BCUT2D eigenvalue weighted by atomic mass is 10.1. The highest BCUT2D eigenvalue weighted by atomic mass is 16.5. The fourth-order valence-corrected chi connectivity index (χ4v) is 3.12. The lowest BCUT2D eigenvalue weighted by molar-refractivity contribution is -0.125. The van der Waals surface area contributed by atoms with Gasteiger partial charge < -0.3 is 23.8 Å². The molecule has 2 amide bonds. The van der Waals surface area contributed by atoms with Crippen LogP contribution in [0.4, 0.5) is 5.69 Å². The molecule has 0 saturated heterocycles. The molecule has 0 aromatic heterocycles. The van der Waals surface area contributed by atoms with Crippen molar-refractivity contribution in [2.45, 2.75) is 13.8 Å². The second kappa shape index (κ2) is 12.2. The average Bonchev–Trinajstić information content (AvgIpc) is 2.85. The van der Waals surface area contributed by atoms with E-state index < -0.39 is 24.4 Å². The standard InChI is InChI=1S/C23H29N3O7/c1-6-26(7-2)16-10-8-15(9-11-16)22(28)25-24-19(27)14-33-23(29)17-12-13-18(30-3)21(32-5)20(17)31-4/h8-13H,6-7,14H2,1-5H3,(H,24,27)(H,25,28). The number of rotatable bonds is 10. The van der Waals surface area contributed by atoms with E-state index in [1.165, 1.54) is 33.5 Å². The Labute approximate surface area is 192 Å². The first-order valence-electron chi connectivity index (χ1n) is 10.3. The smallest absolute Gasteiger partial charge is 0.342 e. The van der Waals surface area contributed by atoms with Crippen LogP contribution in [0.3, 0.4) is 0 Å². The molecule has 33 heavy (non-hydrogen) atoms. The van der Waals surface area contributed by atoms with Crippen LogP contribution in [0.15, 0.2) is 36.4 Å². The Hall–Kier alpha value is -3.95. The first-order valence-corrected chi connectivity index (χ1v) is 10.3. The monoisotopic (exact) mass is 459 g/mol. The van der Waals surface area contributed by atoms with Crippen molar-refractivity contribution in [1.82, 2.24) is 10.9 Å². The van der Waals surface area contributed by atoms with E-state index in [1.54, 1.807) is 12.1 Å². The first kappa shape index (κ1) is 25.3. The number of hydrazine groups is 1. The zero-order chi connectivity index (χ0) is 24.4. The van der Waals surface area contributed by atoms with Gasteiger partial charge in [0.2, 0.25) is 5.75 Å².